The van der Waals surface area contributed by atoms with Gasteiger partial charge in [-0.2, -0.15) is 0 Å². The lowest BCUT2D eigenvalue weighted by Gasteiger charge is -2.35. The molecule has 2 heterocycles. The van der Waals surface area contributed by atoms with E-state index in [4.69, 9.17) is 11.6 Å². The molecule has 1 aliphatic rings. The molecule has 1 fully saturated rings. The lowest BCUT2D eigenvalue weighted by Crippen LogP contribution is -2.45. The summed E-state index contributed by atoms with van der Waals surface area (Å²) in [6.45, 7) is 2.98. The molecule has 3 nitrogen and oxygen atoms in total. The maximum Gasteiger partial charge on any atom is 0.265 e. The van der Waals surface area contributed by atoms with Crippen LogP contribution in [0.25, 0.3) is 10.1 Å². The van der Waals surface area contributed by atoms with Crippen LogP contribution in [-0.4, -0.2) is 34.6 Å². The third kappa shape index (κ3) is 2.43. The summed E-state index contributed by atoms with van der Waals surface area (Å²) in [7, 11) is 0. The Kier molecular flexibility index (Phi) is 3.48. The summed E-state index contributed by atoms with van der Waals surface area (Å²) in [5.74, 6) is -0.0216. The number of piperidine rings is 1. The Labute approximate surface area is 126 Å². The highest BCUT2D eigenvalue weighted by molar-refractivity contribution is 7.21. The zero-order valence-electron chi connectivity index (χ0n) is 11.2. The molecular weight excluding hydrogens is 294 g/mol. The number of benzene rings is 1. The normalized spacial score (nSPS) is 18.4. The van der Waals surface area contributed by atoms with Crippen LogP contribution in [0.2, 0.25) is 5.02 Å². The van der Waals surface area contributed by atoms with Gasteiger partial charge in [-0.15, -0.1) is 11.3 Å². The quantitative estimate of drug-likeness (QED) is 0.875. The average Bonchev–Trinajstić information content (AvgIpc) is 2.76. The van der Waals surface area contributed by atoms with Gasteiger partial charge in [0.1, 0.15) is 4.88 Å². The van der Waals surface area contributed by atoms with Gasteiger partial charge in [0.05, 0.1) is 10.6 Å². The minimum Gasteiger partial charge on any atom is -0.390 e. The first-order valence-corrected chi connectivity index (χ1v) is 7.86. The minimum atomic E-state index is -0.652. The number of thiophene rings is 1. The molecule has 1 aromatic heterocycles. The predicted octanol–water partition coefficient (Wildman–Crippen LogP) is 3.54. The smallest absolute Gasteiger partial charge is 0.265 e. The van der Waals surface area contributed by atoms with Gasteiger partial charge in [-0.25, -0.2) is 0 Å². The van der Waals surface area contributed by atoms with Crippen molar-refractivity contribution in [1.82, 2.24) is 4.90 Å². The van der Waals surface area contributed by atoms with Gasteiger partial charge in [-0.1, -0.05) is 29.8 Å². The lowest BCUT2D eigenvalue weighted by atomic mass is 9.94. The molecule has 1 aliphatic heterocycles. The van der Waals surface area contributed by atoms with Crippen molar-refractivity contribution in [1.29, 1.82) is 0 Å². The molecule has 0 aliphatic carbocycles. The summed E-state index contributed by atoms with van der Waals surface area (Å²) in [6, 6.07) is 7.78. The van der Waals surface area contributed by atoms with Crippen molar-refractivity contribution in [3.63, 3.8) is 0 Å². The molecule has 0 saturated carbocycles. The average molecular weight is 310 g/mol. The fourth-order valence-corrected chi connectivity index (χ4v) is 3.97. The standard InChI is InChI=1S/C15H16ClNO2S/c1-15(19)6-8-17(9-7-15)14(18)13-12(16)10-4-2-3-5-11(10)20-13/h2-5,19H,6-9H2,1H3. The number of amides is 1. The molecule has 0 spiro atoms. The molecule has 106 valence electrons. The van der Waals surface area contributed by atoms with Crippen LogP contribution >= 0.6 is 22.9 Å². The Hall–Kier alpha value is -1.10. The second-order valence-electron chi connectivity index (χ2n) is 5.53. The highest BCUT2D eigenvalue weighted by Gasteiger charge is 2.31. The number of hydrogen-bond acceptors (Lipinski definition) is 3. The van der Waals surface area contributed by atoms with Gasteiger partial charge in [0.15, 0.2) is 0 Å². The molecule has 1 saturated heterocycles. The van der Waals surface area contributed by atoms with Gasteiger partial charge in [-0.3, -0.25) is 4.79 Å². The SMILES string of the molecule is CC1(O)CCN(C(=O)c2sc3ccccc3c2Cl)CC1. The highest BCUT2D eigenvalue weighted by atomic mass is 35.5. The van der Waals surface area contributed by atoms with E-state index in [1.165, 1.54) is 11.3 Å². The van der Waals surface area contributed by atoms with Crippen LogP contribution < -0.4 is 0 Å². The molecule has 5 heteroatoms. The Morgan fingerprint density at radius 3 is 2.65 bits per heavy atom. The van der Waals surface area contributed by atoms with Crippen LogP contribution in [0.5, 0.6) is 0 Å². The van der Waals surface area contributed by atoms with Crippen molar-refractivity contribution in [3.8, 4) is 0 Å². The van der Waals surface area contributed by atoms with Crippen LogP contribution in [-0.2, 0) is 0 Å². The molecule has 1 aromatic carbocycles. The van der Waals surface area contributed by atoms with Crippen molar-refractivity contribution in [2.75, 3.05) is 13.1 Å². The number of likely N-dealkylation sites (tertiary alicyclic amines) is 1. The van der Waals surface area contributed by atoms with Crippen molar-refractivity contribution < 1.29 is 9.90 Å². The number of rotatable bonds is 1. The number of aliphatic hydroxyl groups is 1. The maximum absolute atomic E-state index is 12.6. The number of carbonyl (C=O) groups is 1. The summed E-state index contributed by atoms with van der Waals surface area (Å²) in [6.07, 6.45) is 1.22. The van der Waals surface area contributed by atoms with E-state index in [1.807, 2.05) is 31.2 Å². The van der Waals surface area contributed by atoms with E-state index < -0.39 is 5.60 Å². The second-order valence-corrected chi connectivity index (χ2v) is 6.96. The van der Waals surface area contributed by atoms with Crippen molar-refractivity contribution in [2.45, 2.75) is 25.4 Å². The Balaban J connectivity index is 1.88. The van der Waals surface area contributed by atoms with Crippen molar-refractivity contribution in [2.24, 2.45) is 0 Å². The van der Waals surface area contributed by atoms with E-state index in [2.05, 4.69) is 0 Å². The van der Waals surface area contributed by atoms with E-state index in [1.54, 1.807) is 4.90 Å². The molecule has 20 heavy (non-hydrogen) atoms. The molecule has 0 bridgehead atoms. The fourth-order valence-electron chi connectivity index (χ4n) is 2.49. The van der Waals surface area contributed by atoms with Crippen LogP contribution in [0.4, 0.5) is 0 Å². The lowest BCUT2D eigenvalue weighted by molar-refractivity contribution is -0.00187. The van der Waals surface area contributed by atoms with E-state index in [-0.39, 0.29) is 5.91 Å². The molecule has 2 aromatic rings. The van der Waals surface area contributed by atoms with E-state index in [0.29, 0.717) is 35.8 Å². The maximum atomic E-state index is 12.6. The van der Waals surface area contributed by atoms with Crippen molar-refractivity contribution in [3.05, 3.63) is 34.2 Å². The second kappa shape index (κ2) is 5.02. The van der Waals surface area contributed by atoms with E-state index in [9.17, 15) is 9.90 Å². The van der Waals surface area contributed by atoms with Gasteiger partial charge in [0.2, 0.25) is 0 Å². The summed E-state index contributed by atoms with van der Waals surface area (Å²) in [4.78, 5) is 15.0. The van der Waals surface area contributed by atoms with Gasteiger partial charge < -0.3 is 10.0 Å². The Bertz CT molecular complexity index is 655. The van der Waals surface area contributed by atoms with Gasteiger partial charge in [0.25, 0.3) is 5.91 Å². The van der Waals surface area contributed by atoms with Gasteiger partial charge in [0, 0.05) is 23.2 Å². The van der Waals surface area contributed by atoms with Crippen molar-refractivity contribution >= 4 is 38.9 Å². The minimum absolute atomic E-state index is 0.0216. The molecule has 0 atom stereocenters. The molecule has 0 unspecified atom stereocenters. The first-order chi connectivity index (χ1) is 9.48. The van der Waals surface area contributed by atoms with Crippen LogP contribution in [0.3, 0.4) is 0 Å². The Morgan fingerprint density at radius 2 is 2.00 bits per heavy atom. The summed E-state index contributed by atoms with van der Waals surface area (Å²) < 4.78 is 1.03. The number of halogens is 1. The number of nitrogens with zero attached hydrogens (tertiary/aromatic N) is 1. The largest absolute Gasteiger partial charge is 0.390 e. The third-order valence-corrected chi connectivity index (χ3v) is 5.52. The number of hydrogen-bond donors (Lipinski definition) is 1. The monoisotopic (exact) mass is 309 g/mol. The molecular formula is C15H16ClNO2S. The van der Waals surface area contributed by atoms with Crippen LogP contribution in [0, 0.1) is 0 Å². The van der Waals surface area contributed by atoms with E-state index in [0.717, 1.165) is 10.1 Å². The van der Waals surface area contributed by atoms with Gasteiger partial charge >= 0.3 is 0 Å². The summed E-state index contributed by atoms with van der Waals surface area (Å²) >= 11 is 7.78. The number of carbonyl (C=O) groups excluding carboxylic acids is 1. The molecule has 3 rings (SSSR count). The van der Waals surface area contributed by atoms with Gasteiger partial charge in [-0.05, 0) is 25.8 Å². The fraction of sp³-hybridized carbons (Fsp3) is 0.400. The topological polar surface area (TPSA) is 40.5 Å². The molecule has 1 amide bonds. The highest BCUT2D eigenvalue weighted by Crippen LogP contribution is 2.36. The third-order valence-electron chi connectivity index (χ3n) is 3.86. The first kappa shape index (κ1) is 13.9. The summed E-state index contributed by atoms with van der Waals surface area (Å²) in [5.41, 5.74) is -0.652. The van der Waals surface area contributed by atoms with E-state index >= 15 is 0 Å². The van der Waals surface area contributed by atoms with Crippen LogP contribution in [0.15, 0.2) is 24.3 Å². The predicted molar refractivity (Wildman–Crippen MR) is 82.6 cm³/mol. The number of fused-ring (bicyclic) bond motifs is 1. The zero-order valence-corrected chi connectivity index (χ0v) is 12.8. The Morgan fingerprint density at radius 1 is 1.35 bits per heavy atom. The first-order valence-electron chi connectivity index (χ1n) is 6.67. The van der Waals surface area contributed by atoms with Crippen LogP contribution in [0.1, 0.15) is 29.4 Å². The molecule has 1 N–H and O–H groups in total. The molecule has 0 radical (unpaired) electrons. The summed E-state index contributed by atoms with van der Waals surface area (Å²) in [5, 5.41) is 11.4. The zero-order chi connectivity index (χ0) is 14.3.